The van der Waals surface area contributed by atoms with E-state index in [9.17, 15) is 23.3 Å². The zero-order chi connectivity index (χ0) is 18.9. The largest absolute Gasteiger partial charge is 0.417 e. The quantitative estimate of drug-likeness (QED) is 0.441. The number of benzene rings is 2. The summed E-state index contributed by atoms with van der Waals surface area (Å²) in [5.74, 6) is 0. The Morgan fingerprint density at radius 1 is 1.16 bits per heavy atom. The standard InChI is InChI=1S/C15H6Cl3F3N2O2/c16-10-2-1-7(5-9(10)15(19,20)21)13-12(23(24)25)6-11(17)8(3-4-22)14(13)18/h1-2,5-6H,3H2. The highest BCUT2D eigenvalue weighted by atomic mass is 35.5. The van der Waals surface area contributed by atoms with Crippen LogP contribution in [0.5, 0.6) is 0 Å². The van der Waals surface area contributed by atoms with Crippen molar-refractivity contribution in [1.29, 1.82) is 5.26 Å². The molecule has 0 unspecified atom stereocenters. The highest BCUT2D eigenvalue weighted by Crippen LogP contribution is 2.44. The van der Waals surface area contributed by atoms with Gasteiger partial charge in [0.05, 0.1) is 43.6 Å². The molecule has 0 aromatic heterocycles. The second-order valence-corrected chi connectivity index (χ2v) is 6.02. The van der Waals surface area contributed by atoms with Crippen molar-refractivity contribution in [2.75, 3.05) is 0 Å². The summed E-state index contributed by atoms with van der Waals surface area (Å²) in [4.78, 5) is 10.5. The van der Waals surface area contributed by atoms with E-state index in [1.807, 2.05) is 0 Å². The fourth-order valence-electron chi connectivity index (χ4n) is 2.21. The molecule has 130 valence electrons. The first-order chi connectivity index (χ1) is 11.6. The lowest BCUT2D eigenvalue weighted by atomic mass is 9.97. The van der Waals surface area contributed by atoms with Crippen LogP contribution in [0.2, 0.25) is 15.1 Å². The second-order valence-electron chi connectivity index (χ2n) is 4.83. The number of halogens is 6. The number of hydrogen-bond acceptors (Lipinski definition) is 3. The first-order valence-electron chi connectivity index (χ1n) is 6.47. The zero-order valence-electron chi connectivity index (χ0n) is 12.0. The SMILES string of the molecule is N#CCc1c(Cl)cc([N+](=O)[O-])c(-c2ccc(Cl)c(C(F)(F)F)c2)c1Cl. The lowest BCUT2D eigenvalue weighted by Gasteiger charge is -2.14. The van der Waals surface area contributed by atoms with E-state index in [0.29, 0.717) is 6.07 Å². The van der Waals surface area contributed by atoms with Gasteiger partial charge in [0.2, 0.25) is 0 Å². The molecule has 0 bridgehead atoms. The van der Waals surface area contributed by atoms with Gasteiger partial charge in [-0.15, -0.1) is 0 Å². The van der Waals surface area contributed by atoms with Crippen LogP contribution in [0.1, 0.15) is 11.1 Å². The molecule has 10 heteroatoms. The summed E-state index contributed by atoms with van der Waals surface area (Å²) in [5, 5.41) is 19.2. The molecular weight excluding hydrogens is 404 g/mol. The number of alkyl halides is 3. The van der Waals surface area contributed by atoms with E-state index in [2.05, 4.69) is 0 Å². The number of nitrogens with zero attached hydrogens (tertiary/aromatic N) is 2. The Kier molecular flexibility index (Phi) is 5.47. The van der Waals surface area contributed by atoms with Gasteiger partial charge in [0.15, 0.2) is 0 Å². The summed E-state index contributed by atoms with van der Waals surface area (Å²) in [6.45, 7) is 0. The Morgan fingerprint density at radius 2 is 1.80 bits per heavy atom. The highest BCUT2D eigenvalue weighted by molar-refractivity contribution is 6.38. The molecule has 0 N–H and O–H groups in total. The molecule has 0 aliphatic carbocycles. The Bertz CT molecular complexity index is 908. The number of rotatable bonds is 3. The van der Waals surface area contributed by atoms with Gasteiger partial charge in [-0.1, -0.05) is 40.9 Å². The Hall–Kier alpha value is -2.01. The lowest BCUT2D eigenvalue weighted by Crippen LogP contribution is -2.06. The molecule has 2 aromatic rings. The third-order valence-corrected chi connectivity index (χ3v) is 4.39. The summed E-state index contributed by atoms with van der Waals surface area (Å²) in [7, 11) is 0. The maximum atomic E-state index is 13.1. The predicted octanol–water partition coefficient (Wildman–Crippen LogP) is 6.31. The average molecular weight is 410 g/mol. The fourth-order valence-corrected chi connectivity index (χ4v) is 3.12. The second kappa shape index (κ2) is 7.08. The summed E-state index contributed by atoms with van der Waals surface area (Å²) < 4.78 is 39.2. The minimum absolute atomic E-state index is 0.0925. The van der Waals surface area contributed by atoms with Crippen LogP contribution < -0.4 is 0 Å². The first kappa shape index (κ1) is 19.3. The van der Waals surface area contributed by atoms with Crippen LogP contribution in [0.3, 0.4) is 0 Å². The van der Waals surface area contributed by atoms with Gasteiger partial charge in [0.25, 0.3) is 5.69 Å². The summed E-state index contributed by atoms with van der Waals surface area (Å²) in [6.07, 6.45) is -5.02. The van der Waals surface area contributed by atoms with Gasteiger partial charge < -0.3 is 0 Å². The van der Waals surface area contributed by atoms with Crippen molar-refractivity contribution in [2.45, 2.75) is 12.6 Å². The molecule has 0 spiro atoms. The molecule has 0 aliphatic rings. The molecule has 0 aliphatic heterocycles. The van der Waals surface area contributed by atoms with E-state index in [1.165, 1.54) is 6.07 Å². The number of hydrogen-bond donors (Lipinski definition) is 0. The molecule has 2 rings (SSSR count). The molecule has 0 fully saturated rings. The molecule has 4 nitrogen and oxygen atoms in total. The van der Waals surface area contributed by atoms with Gasteiger partial charge in [-0.25, -0.2) is 0 Å². The summed E-state index contributed by atoms with van der Waals surface area (Å²) >= 11 is 17.6. The van der Waals surface area contributed by atoms with Crippen molar-refractivity contribution < 1.29 is 18.1 Å². The zero-order valence-corrected chi connectivity index (χ0v) is 14.3. The number of nitriles is 1. The van der Waals surface area contributed by atoms with Crippen LogP contribution >= 0.6 is 34.8 Å². The van der Waals surface area contributed by atoms with Crippen molar-refractivity contribution in [1.82, 2.24) is 0 Å². The van der Waals surface area contributed by atoms with Crippen LogP contribution in [-0.4, -0.2) is 4.92 Å². The van der Waals surface area contributed by atoms with Gasteiger partial charge >= 0.3 is 6.18 Å². The van der Waals surface area contributed by atoms with Crippen LogP contribution in [0, 0.1) is 21.4 Å². The minimum Gasteiger partial charge on any atom is -0.258 e. The smallest absolute Gasteiger partial charge is 0.258 e. The van der Waals surface area contributed by atoms with Gasteiger partial charge in [0, 0.05) is 11.6 Å². The van der Waals surface area contributed by atoms with Crippen LogP contribution in [0.25, 0.3) is 11.1 Å². The summed E-state index contributed by atoms with van der Waals surface area (Å²) in [6, 6.07) is 5.57. The molecule has 0 atom stereocenters. The highest BCUT2D eigenvalue weighted by Gasteiger charge is 2.34. The van der Waals surface area contributed by atoms with Crippen LogP contribution in [-0.2, 0) is 12.6 Å². The predicted molar refractivity (Wildman–Crippen MR) is 87.9 cm³/mol. The van der Waals surface area contributed by atoms with E-state index in [-0.39, 0.29) is 33.2 Å². The van der Waals surface area contributed by atoms with Crippen LogP contribution in [0.15, 0.2) is 24.3 Å². The lowest BCUT2D eigenvalue weighted by molar-refractivity contribution is -0.384. The molecule has 0 amide bonds. The van der Waals surface area contributed by atoms with Crippen molar-refractivity contribution >= 4 is 40.5 Å². The van der Waals surface area contributed by atoms with Gasteiger partial charge in [-0.05, 0) is 17.7 Å². The van der Waals surface area contributed by atoms with E-state index in [0.717, 1.165) is 12.1 Å². The average Bonchev–Trinajstić information content (AvgIpc) is 2.50. The molecule has 0 saturated heterocycles. The third kappa shape index (κ3) is 3.82. The van der Waals surface area contributed by atoms with Crippen LogP contribution in [0.4, 0.5) is 18.9 Å². The van der Waals surface area contributed by atoms with Crippen molar-refractivity contribution in [3.05, 3.63) is 60.6 Å². The Labute approximate surface area is 154 Å². The van der Waals surface area contributed by atoms with Gasteiger partial charge in [-0.2, -0.15) is 18.4 Å². The maximum absolute atomic E-state index is 13.1. The van der Waals surface area contributed by atoms with E-state index >= 15 is 0 Å². The summed E-state index contributed by atoms with van der Waals surface area (Å²) in [5.41, 5.74) is -2.07. The van der Waals surface area contributed by atoms with E-state index < -0.39 is 27.4 Å². The topological polar surface area (TPSA) is 66.9 Å². The molecule has 0 radical (unpaired) electrons. The Balaban J connectivity index is 2.85. The number of nitro benzene ring substituents is 1. The van der Waals surface area contributed by atoms with E-state index in [4.69, 9.17) is 40.1 Å². The molecular formula is C15H6Cl3F3N2O2. The first-order valence-corrected chi connectivity index (χ1v) is 7.60. The monoisotopic (exact) mass is 408 g/mol. The molecule has 0 heterocycles. The van der Waals surface area contributed by atoms with E-state index in [1.54, 1.807) is 6.07 Å². The van der Waals surface area contributed by atoms with Gasteiger partial charge in [-0.3, -0.25) is 10.1 Å². The number of nitro groups is 1. The van der Waals surface area contributed by atoms with Gasteiger partial charge in [0.1, 0.15) is 0 Å². The fraction of sp³-hybridized carbons (Fsp3) is 0.133. The molecule has 0 saturated carbocycles. The molecule has 25 heavy (non-hydrogen) atoms. The minimum atomic E-state index is -4.75. The van der Waals surface area contributed by atoms with Crippen molar-refractivity contribution in [3.8, 4) is 17.2 Å². The van der Waals surface area contributed by atoms with Crippen molar-refractivity contribution in [3.63, 3.8) is 0 Å². The third-order valence-electron chi connectivity index (χ3n) is 3.31. The molecule has 2 aromatic carbocycles. The maximum Gasteiger partial charge on any atom is 0.417 e. The van der Waals surface area contributed by atoms with Crippen molar-refractivity contribution in [2.24, 2.45) is 0 Å². The Morgan fingerprint density at radius 3 is 2.32 bits per heavy atom. The normalized spacial score (nSPS) is 11.2.